The Bertz CT molecular complexity index is 1020. The Kier molecular flexibility index (Phi) is 7.13. The number of anilines is 1. The van der Waals surface area contributed by atoms with Crippen LogP contribution in [0.4, 0.5) is 5.69 Å². The summed E-state index contributed by atoms with van der Waals surface area (Å²) < 4.78 is 5.19. The first kappa shape index (κ1) is 21.4. The summed E-state index contributed by atoms with van der Waals surface area (Å²) in [5.74, 6) is -0.643. The summed E-state index contributed by atoms with van der Waals surface area (Å²) in [4.78, 5) is 25.9. The minimum atomic E-state index is -0.783. The third-order valence-electron chi connectivity index (χ3n) is 4.49. The Morgan fingerprint density at radius 2 is 1.87 bits per heavy atom. The monoisotopic (exact) mass is 427 g/mol. The van der Waals surface area contributed by atoms with Crippen LogP contribution in [0.5, 0.6) is 0 Å². The van der Waals surface area contributed by atoms with Gasteiger partial charge in [-0.1, -0.05) is 43.6 Å². The fraction of sp³-hybridized carbons (Fsp3) is 0.286. The van der Waals surface area contributed by atoms with E-state index in [4.69, 9.17) is 16.3 Å². The van der Waals surface area contributed by atoms with E-state index in [-0.39, 0.29) is 0 Å². The first-order valence-corrected chi connectivity index (χ1v) is 9.99. The highest BCUT2D eigenvalue weighted by molar-refractivity contribution is 6.30. The normalized spacial score (nSPS) is 11.7. The smallest absolute Gasteiger partial charge is 0.333 e. The predicted molar refractivity (Wildman–Crippen MR) is 113 cm³/mol. The second-order valence-corrected chi connectivity index (χ2v) is 6.97. The Balaban J connectivity index is 1.61. The molecule has 3 aromatic rings. The van der Waals surface area contributed by atoms with Gasteiger partial charge in [0.1, 0.15) is 0 Å². The van der Waals surface area contributed by atoms with Crippen molar-refractivity contribution in [3.63, 3.8) is 0 Å². The minimum Gasteiger partial charge on any atom is -0.454 e. The topological polar surface area (TPSA) is 99.0 Å². The zero-order valence-corrected chi connectivity index (χ0v) is 17.5. The number of amides is 1. The number of hydrogen-bond donors (Lipinski definition) is 1. The number of nitrogens with zero attached hydrogens (tertiary/aromatic N) is 4. The van der Waals surface area contributed by atoms with E-state index >= 15 is 0 Å². The van der Waals surface area contributed by atoms with Crippen LogP contribution in [0.1, 0.15) is 31.9 Å². The highest BCUT2D eigenvalue weighted by atomic mass is 35.5. The molecule has 0 spiro atoms. The molecular formula is C21H22ClN5O3. The van der Waals surface area contributed by atoms with Gasteiger partial charge in [-0.05, 0) is 54.0 Å². The molecule has 1 heterocycles. The Hall–Kier alpha value is -3.26. The summed E-state index contributed by atoms with van der Waals surface area (Å²) in [5, 5.41) is 15.6. The lowest BCUT2D eigenvalue weighted by molar-refractivity contribution is -0.151. The van der Waals surface area contributed by atoms with Crippen LogP contribution in [0, 0.1) is 0 Å². The molecule has 0 aliphatic rings. The van der Waals surface area contributed by atoms with Crippen LogP contribution in [0.25, 0.3) is 11.4 Å². The van der Waals surface area contributed by atoms with Crippen molar-refractivity contribution in [2.45, 2.75) is 32.7 Å². The number of ether oxygens (including phenoxy) is 1. The van der Waals surface area contributed by atoms with Crippen molar-refractivity contribution in [2.75, 3.05) is 11.9 Å². The fourth-order valence-corrected chi connectivity index (χ4v) is 2.99. The van der Waals surface area contributed by atoms with Crippen molar-refractivity contribution in [3.05, 3.63) is 59.1 Å². The summed E-state index contributed by atoms with van der Waals surface area (Å²) in [6.45, 7) is 3.40. The molecule has 1 aromatic heterocycles. The Morgan fingerprint density at radius 3 is 2.57 bits per heavy atom. The van der Waals surface area contributed by atoms with Gasteiger partial charge in [0, 0.05) is 16.3 Å². The Morgan fingerprint density at radius 1 is 1.13 bits per heavy atom. The number of rotatable bonds is 8. The molecule has 3 rings (SSSR count). The van der Waals surface area contributed by atoms with Crippen LogP contribution in [0.2, 0.25) is 5.02 Å². The highest BCUT2D eigenvalue weighted by Gasteiger charge is 2.24. The molecule has 0 aliphatic carbocycles. The number of nitrogens with one attached hydrogen (secondary N) is 1. The number of aryl methyl sites for hydroxylation is 1. The van der Waals surface area contributed by atoms with Gasteiger partial charge in [0.25, 0.3) is 5.91 Å². The van der Waals surface area contributed by atoms with Gasteiger partial charge >= 0.3 is 5.97 Å². The number of tetrazole rings is 1. The van der Waals surface area contributed by atoms with Gasteiger partial charge in [0.15, 0.2) is 12.6 Å². The van der Waals surface area contributed by atoms with Crippen molar-refractivity contribution in [1.82, 2.24) is 20.2 Å². The first-order chi connectivity index (χ1) is 14.5. The van der Waals surface area contributed by atoms with Crippen LogP contribution in [0.15, 0.2) is 48.5 Å². The molecule has 0 bridgehead atoms. The van der Waals surface area contributed by atoms with Crippen molar-refractivity contribution in [2.24, 2.45) is 0 Å². The predicted octanol–water partition coefficient (Wildman–Crippen LogP) is 3.69. The molecule has 2 aromatic carbocycles. The van der Waals surface area contributed by atoms with Gasteiger partial charge in [-0.25, -0.2) is 4.79 Å². The van der Waals surface area contributed by atoms with Crippen LogP contribution in [-0.4, -0.2) is 38.7 Å². The third-order valence-corrected chi connectivity index (χ3v) is 4.74. The van der Waals surface area contributed by atoms with E-state index in [1.54, 1.807) is 31.2 Å². The molecule has 0 saturated carbocycles. The summed E-state index contributed by atoms with van der Waals surface area (Å²) in [6.07, 6.45) is 1.16. The maximum atomic E-state index is 12.5. The van der Waals surface area contributed by atoms with E-state index in [9.17, 15) is 9.59 Å². The van der Waals surface area contributed by atoms with Gasteiger partial charge in [-0.3, -0.25) is 4.79 Å². The summed E-state index contributed by atoms with van der Waals surface area (Å²) in [5.41, 5.74) is 2.44. The Labute approximate surface area is 179 Å². The average Bonchev–Trinajstić information content (AvgIpc) is 3.23. The van der Waals surface area contributed by atoms with E-state index in [2.05, 4.69) is 20.7 Å². The zero-order valence-electron chi connectivity index (χ0n) is 16.7. The van der Waals surface area contributed by atoms with Crippen molar-refractivity contribution in [1.29, 1.82) is 0 Å². The number of aromatic nitrogens is 4. The number of carbonyl (C=O) groups is 2. The molecule has 1 atom stereocenters. The average molecular weight is 428 g/mol. The number of para-hydroxylation sites is 1. The second-order valence-electron chi connectivity index (χ2n) is 6.53. The fourth-order valence-electron chi connectivity index (χ4n) is 2.87. The van der Waals surface area contributed by atoms with Gasteiger partial charge in [-0.2, -0.15) is 0 Å². The lowest BCUT2D eigenvalue weighted by Crippen LogP contribution is -2.27. The van der Waals surface area contributed by atoms with Gasteiger partial charge in [-0.15, -0.1) is 15.0 Å². The van der Waals surface area contributed by atoms with Gasteiger partial charge in [0.2, 0.25) is 5.82 Å². The van der Waals surface area contributed by atoms with Crippen molar-refractivity contribution in [3.8, 4) is 11.4 Å². The van der Waals surface area contributed by atoms with Crippen LogP contribution < -0.4 is 5.32 Å². The van der Waals surface area contributed by atoms with Crippen molar-refractivity contribution < 1.29 is 14.3 Å². The highest BCUT2D eigenvalue weighted by Crippen LogP contribution is 2.19. The van der Waals surface area contributed by atoms with E-state index in [0.29, 0.717) is 23.0 Å². The SMILES string of the molecule is CCc1ccccc1NC(=O)COC(=O)C(CC)n1nnc(-c2ccc(Cl)cc2)n1. The van der Waals surface area contributed by atoms with Crippen LogP contribution in [-0.2, 0) is 20.7 Å². The van der Waals surface area contributed by atoms with E-state index in [1.165, 1.54) is 4.80 Å². The van der Waals surface area contributed by atoms with Crippen LogP contribution >= 0.6 is 11.6 Å². The lowest BCUT2D eigenvalue weighted by atomic mass is 10.1. The lowest BCUT2D eigenvalue weighted by Gasteiger charge is -2.13. The molecule has 1 N–H and O–H groups in total. The first-order valence-electron chi connectivity index (χ1n) is 9.61. The number of esters is 1. The molecule has 0 aliphatic heterocycles. The molecule has 0 fully saturated rings. The maximum Gasteiger partial charge on any atom is 0.333 e. The van der Waals surface area contributed by atoms with E-state index < -0.39 is 24.5 Å². The van der Waals surface area contributed by atoms with E-state index in [1.807, 2.05) is 31.2 Å². The molecule has 1 unspecified atom stereocenters. The minimum absolute atomic E-state index is 0.367. The summed E-state index contributed by atoms with van der Waals surface area (Å²) >= 11 is 5.89. The van der Waals surface area contributed by atoms with Crippen molar-refractivity contribution >= 4 is 29.2 Å². The number of hydrogen-bond acceptors (Lipinski definition) is 6. The molecule has 0 radical (unpaired) electrons. The quantitative estimate of drug-likeness (QED) is 0.550. The standard InChI is InChI=1S/C21H22ClN5O3/c1-3-14-7-5-6-8-17(14)23-19(28)13-30-21(29)18(4-2)27-25-20(24-26-27)15-9-11-16(22)12-10-15/h5-12,18H,3-4,13H2,1-2H3,(H,23,28). The molecule has 9 heteroatoms. The maximum absolute atomic E-state index is 12.5. The third kappa shape index (κ3) is 5.21. The molecule has 8 nitrogen and oxygen atoms in total. The number of carbonyl (C=O) groups excluding carboxylic acids is 2. The number of halogens is 1. The summed E-state index contributed by atoms with van der Waals surface area (Å²) in [6, 6.07) is 13.7. The van der Waals surface area contributed by atoms with Crippen LogP contribution in [0.3, 0.4) is 0 Å². The van der Waals surface area contributed by atoms with Gasteiger partial charge < -0.3 is 10.1 Å². The summed E-state index contributed by atoms with van der Waals surface area (Å²) in [7, 11) is 0. The molecule has 0 saturated heterocycles. The number of benzene rings is 2. The second kappa shape index (κ2) is 9.98. The molecule has 1 amide bonds. The molecule has 30 heavy (non-hydrogen) atoms. The zero-order chi connectivity index (χ0) is 21.5. The van der Waals surface area contributed by atoms with Gasteiger partial charge in [0.05, 0.1) is 0 Å². The molecular weight excluding hydrogens is 406 g/mol. The molecule has 156 valence electrons. The largest absolute Gasteiger partial charge is 0.454 e. The van der Waals surface area contributed by atoms with E-state index in [0.717, 1.165) is 17.5 Å².